The first-order valence-corrected chi connectivity index (χ1v) is 16.9. The van der Waals surface area contributed by atoms with Crippen LogP contribution in [0.15, 0.2) is 36.7 Å². The number of nitrogens with two attached hydrogens (primary N) is 1. The number of halogens is 2. The van der Waals surface area contributed by atoms with Crippen LogP contribution in [0.5, 0.6) is 0 Å². The quantitative estimate of drug-likeness (QED) is 0.286. The van der Waals surface area contributed by atoms with Crippen LogP contribution in [-0.2, 0) is 21.2 Å². The number of aliphatic hydroxyl groups excluding tert-OH is 1. The molecule has 1 amide bonds. The molecule has 42 heavy (non-hydrogen) atoms. The van der Waals surface area contributed by atoms with Gasteiger partial charge in [-0.05, 0) is 87.8 Å². The lowest BCUT2D eigenvalue weighted by Crippen LogP contribution is -2.44. The second kappa shape index (κ2) is 15.0. The highest BCUT2D eigenvalue weighted by molar-refractivity contribution is 7.89. The van der Waals surface area contributed by atoms with Crippen molar-refractivity contribution in [1.29, 1.82) is 0 Å². The number of hydrogen-bond acceptors (Lipinski definition) is 7. The van der Waals surface area contributed by atoms with Crippen molar-refractivity contribution in [3.05, 3.63) is 58.6 Å². The lowest BCUT2D eigenvalue weighted by molar-refractivity contribution is -0.118. The van der Waals surface area contributed by atoms with Crippen LogP contribution in [0.25, 0.3) is 0 Å². The predicted molar refractivity (Wildman–Crippen MR) is 163 cm³/mol. The van der Waals surface area contributed by atoms with Gasteiger partial charge in [-0.25, -0.2) is 17.5 Å². The number of rotatable bonds is 9. The number of hydrogen-bond donors (Lipinski definition) is 5. The molecule has 2 heterocycles. The standard InChI is InChI=1S/C30H43ClFN5O4S/c1-19-3-2-14-42(40,41)37-24(15-35-19)12-13-25-26(32)16-34-17-27(25)36-30(39)29(33)28(22-8-10-23(31)11-9-22)21-6-4-20(18-38)5-7-21/h8-11,16-17,19-21,24,28-29,35,37-38H,2-7,12-15,18,33H2,1H3,(H,36,39)/t19-,20-,21-,24-,28+,29-/m0/s1. The Labute approximate surface area is 253 Å². The molecular weight excluding hydrogens is 581 g/mol. The minimum Gasteiger partial charge on any atom is -0.396 e. The van der Waals surface area contributed by atoms with E-state index in [4.69, 9.17) is 17.3 Å². The number of aliphatic hydroxyl groups is 1. The normalized spacial score (nSPS) is 26.3. The number of nitrogens with zero attached hydrogens (tertiary/aromatic N) is 1. The number of benzene rings is 1. The molecule has 1 saturated heterocycles. The maximum atomic E-state index is 15.1. The van der Waals surface area contributed by atoms with Crippen molar-refractivity contribution in [1.82, 2.24) is 15.0 Å². The number of aromatic nitrogens is 1. The molecule has 2 fully saturated rings. The van der Waals surface area contributed by atoms with Crippen molar-refractivity contribution in [3.63, 3.8) is 0 Å². The number of anilines is 1. The van der Waals surface area contributed by atoms with Crippen LogP contribution in [0.3, 0.4) is 0 Å². The van der Waals surface area contributed by atoms with E-state index in [1.807, 2.05) is 19.1 Å². The minimum absolute atomic E-state index is 0.0504. The third-order valence-electron chi connectivity index (χ3n) is 8.72. The van der Waals surface area contributed by atoms with Crippen LogP contribution in [0, 0.1) is 17.7 Å². The summed E-state index contributed by atoms with van der Waals surface area (Å²) in [4.78, 5) is 17.6. The number of nitrogens with one attached hydrogen (secondary N) is 3. The van der Waals surface area contributed by atoms with Crippen LogP contribution < -0.4 is 21.1 Å². The van der Waals surface area contributed by atoms with Gasteiger partial charge in [-0.1, -0.05) is 23.7 Å². The molecule has 4 rings (SSSR count). The van der Waals surface area contributed by atoms with Gasteiger partial charge in [-0.3, -0.25) is 9.78 Å². The molecule has 1 aromatic carbocycles. The highest BCUT2D eigenvalue weighted by Gasteiger charge is 2.36. The zero-order valence-electron chi connectivity index (χ0n) is 24.1. The summed E-state index contributed by atoms with van der Waals surface area (Å²) in [6.07, 6.45) is 7.70. The monoisotopic (exact) mass is 623 g/mol. The van der Waals surface area contributed by atoms with Gasteiger partial charge in [0.05, 0.1) is 29.9 Å². The summed E-state index contributed by atoms with van der Waals surface area (Å²) >= 11 is 6.13. The topological polar surface area (TPSA) is 146 Å². The fraction of sp³-hybridized carbons (Fsp3) is 0.600. The molecule has 1 aliphatic heterocycles. The highest BCUT2D eigenvalue weighted by Crippen LogP contribution is 2.40. The first-order chi connectivity index (χ1) is 20.1. The predicted octanol–water partition coefficient (Wildman–Crippen LogP) is 3.71. The highest BCUT2D eigenvalue weighted by atomic mass is 35.5. The van der Waals surface area contributed by atoms with E-state index in [2.05, 4.69) is 20.3 Å². The summed E-state index contributed by atoms with van der Waals surface area (Å²) in [7, 11) is -3.45. The molecule has 0 spiro atoms. The molecule has 1 saturated carbocycles. The Hall–Kier alpha value is -2.15. The molecule has 6 N–H and O–H groups in total. The Morgan fingerprint density at radius 2 is 1.90 bits per heavy atom. The van der Waals surface area contributed by atoms with Gasteiger partial charge in [0.25, 0.3) is 0 Å². The van der Waals surface area contributed by atoms with Gasteiger partial charge in [-0.15, -0.1) is 0 Å². The van der Waals surface area contributed by atoms with E-state index >= 15 is 4.39 Å². The third kappa shape index (κ3) is 8.93. The molecule has 12 heteroatoms. The zero-order valence-corrected chi connectivity index (χ0v) is 25.6. The van der Waals surface area contributed by atoms with Gasteiger partial charge in [0.2, 0.25) is 15.9 Å². The SMILES string of the molecule is C[C@H]1CCCS(=O)(=O)N[C@@H](CCc2c(F)cncc2NC(=O)[C@@H](N)[C@@H](c2ccc(Cl)cc2)[C@H]2CC[C@H](CO)CC2)CN1. The van der Waals surface area contributed by atoms with Gasteiger partial charge in [0.1, 0.15) is 5.82 Å². The van der Waals surface area contributed by atoms with Gasteiger partial charge < -0.3 is 21.5 Å². The molecule has 0 unspecified atom stereocenters. The number of carbonyl (C=O) groups is 1. The largest absolute Gasteiger partial charge is 0.396 e. The van der Waals surface area contributed by atoms with E-state index < -0.39 is 33.8 Å². The summed E-state index contributed by atoms with van der Waals surface area (Å²) in [5.41, 5.74) is 8.03. The van der Waals surface area contributed by atoms with Crippen molar-refractivity contribution in [2.45, 2.75) is 82.3 Å². The number of pyridine rings is 1. The zero-order chi connectivity index (χ0) is 30.3. The molecule has 1 aromatic heterocycles. The number of amides is 1. The molecule has 9 nitrogen and oxygen atoms in total. The summed E-state index contributed by atoms with van der Waals surface area (Å²) < 4.78 is 42.8. The summed E-state index contributed by atoms with van der Waals surface area (Å²) in [5.74, 6) is -0.895. The average molecular weight is 624 g/mol. The Morgan fingerprint density at radius 3 is 2.60 bits per heavy atom. The van der Waals surface area contributed by atoms with Crippen LogP contribution in [0.4, 0.5) is 10.1 Å². The second-order valence-corrected chi connectivity index (χ2v) is 14.1. The first-order valence-electron chi connectivity index (χ1n) is 14.8. The van der Waals surface area contributed by atoms with Crippen molar-refractivity contribution in [2.24, 2.45) is 17.6 Å². The lowest BCUT2D eigenvalue weighted by atomic mass is 9.71. The van der Waals surface area contributed by atoms with E-state index in [-0.39, 0.29) is 53.8 Å². The second-order valence-electron chi connectivity index (χ2n) is 11.8. The van der Waals surface area contributed by atoms with Crippen LogP contribution in [-0.4, -0.2) is 61.4 Å². The molecule has 2 aliphatic rings. The van der Waals surface area contributed by atoms with Gasteiger partial charge >= 0.3 is 0 Å². The molecule has 0 radical (unpaired) electrons. The average Bonchev–Trinajstić information content (AvgIpc) is 3.02. The third-order valence-corrected chi connectivity index (χ3v) is 10.5. The lowest BCUT2D eigenvalue weighted by Gasteiger charge is -2.36. The Morgan fingerprint density at radius 1 is 1.19 bits per heavy atom. The van der Waals surface area contributed by atoms with Crippen LogP contribution in [0.2, 0.25) is 5.02 Å². The fourth-order valence-corrected chi connectivity index (χ4v) is 7.75. The van der Waals surface area contributed by atoms with E-state index in [9.17, 15) is 18.3 Å². The van der Waals surface area contributed by atoms with Crippen molar-refractivity contribution in [2.75, 3.05) is 24.2 Å². The van der Waals surface area contributed by atoms with Crippen molar-refractivity contribution < 1.29 is 22.7 Å². The fourth-order valence-electron chi connectivity index (χ4n) is 6.25. The first kappa shape index (κ1) is 32.8. The molecule has 232 valence electrons. The van der Waals surface area contributed by atoms with Gasteiger partial charge in [0.15, 0.2) is 0 Å². The van der Waals surface area contributed by atoms with Crippen molar-refractivity contribution >= 4 is 33.2 Å². The number of sulfonamides is 1. The Bertz CT molecular complexity index is 1290. The van der Waals surface area contributed by atoms with E-state index in [1.165, 1.54) is 6.20 Å². The maximum Gasteiger partial charge on any atom is 0.241 e. The summed E-state index contributed by atoms with van der Waals surface area (Å²) in [6.45, 7) is 2.59. The summed E-state index contributed by atoms with van der Waals surface area (Å²) in [5, 5.41) is 16.4. The summed E-state index contributed by atoms with van der Waals surface area (Å²) in [6, 6.07) is 6.15. The van der Waals surface area contributed by atoms with E-state index in [0.29, 0.717) is 24.4 Å². The Kier molecular flexibility index (Phi) is 11.7. The minimum atomic E-state index is -3.45. The van der Waals surface area contributed by atoms with Gasteiger partial charge in [0, 0.05) is 41.7 Å². The Balaban J connectivity index is 1.50. The van der Waals surface area contributed by atoms with Crippen LogP contribution in [0.1, 0.15) is 68.9 Å². The molecule has 1 aliphatic carbocycles. The van der Waals surface area contributed by atoms with E-state index in [0.717, 1.165) is 43.9 Å². The molecule has 4 atom stereocenters. The smallest absolute Gasteiger partial charge is 0.241 e. The maximum absolute atomic E-state index is 15.1. The van der Waals surface area contributed by atoms with E-state index in [1.54, 1.807) is 12.1 Å². The molecular formula is C30H43ClFN5O4S. The van der Waals surface area contributed by atoms with Gasteiger partial charge in [-0.2, -0.15) is 0 Å². The van der Waals surface area contributed by atoms with Crippen LogP contribution >= 0.6 is 11.6 Å². The molecule has 0 bridgehead atoms. The number of carbonyl (C=O) groups excluding carboxylic acids is 1. The molecule has 2 aromatic rings. The van der Waals surface area contributed by atoms with Crippen molar-refractivity contribution in [3.8, 4) is 0 Å².